The van der Waals surface area contributed by atoms with Crippen LogP contribution in [-0.2, 0) is 4.79 Å². The summed E-state index contributed by atoms with van der Waals surface area (Å²) < 4.78 is 20.1. The number of nitrogens with zero attached hydrogens (tertiary/aromatic N) is 1. The molecular weight excluding hydrogens is 327 g/mol. The summed E-state index contributed by atoms with van der Waals surface area (Å²) in [6, 6.07) is 8.60. The highest BCUT2D eigenvalue weighted by molar-refractivity contribution is 7.99. The number of halogens is 1. The molecule has 0 aliphatic rings. The fourth-order valence-electron chi connectivity index (χ4n) is 2.43. The summed E-state index contributed by atoms with van der Waals surface area (Å²) in [7, 11) is 0. The van der Waals surface area contributed by atoms with Gasteiger partial charge in [0.2, 0.25) is 5.91 Å². The smallest absolute Gasteiger partial charge is 0.252 e. The van der Waals surface area contributed by atoms with Crippen molar-refractivity contribution in [2.75, 3.05) is 6.26 Å². The Morgan fingerprint density at radius 3 is 2.79 bits per heavy atom. The number of aromatic nitrogens is 1. The maximum Gasteiger partial charge on any atom is 0.252 e. The van der Waals surface area contributed by atoms with E-state index in [4.69, 9.17) is 4.74 Å². The molecule has 126 valence electrons. The van der Waals surface area contributed by atoms with E-state index in [-0.39, 0.29) is 11.8 Å². The zero-order chi connectivity index (χ0) is 17.7. The lowest BCUT2D eigenvalue weighted by atomic mass is 10.0. The molecule has 0 radical (unpaired) electrons. The topological polar surface area (TPSA) is 51.2 Å². The van der Waals surface area contributed by atoms with Gasteiger partial charge < -0.3 is 10.1 Å². The zero-order valence-corrected chi connectivity index (χ0v) is 14.8. The monoisotopic (exact) mass is 346 g/mol. The molecule has 2 atom stereocenters. The minimum absolute atomic E-state index is 0.109. The molecule has 1 aromatic carbocycles. The van der Waals surface area contributed by atoms with E-state index in [9.17, 15) is 9.18 Å². The number of carbonyl (C=O) groups is 1. The minimum atomic E-state index is -0.972. The van der Waals surface area contributed by atoms with E-state index < -0.39 is 16.8 Å². The Labute approximate surface area is 145 Å². The Hall–Kier alpha value is -2.26. The molecule has 2 aromatic rings. The number of para-hydroxylation sites is 1. The van der Waals surface area contributed by atoms with Crippen LogP contribution in [0.2, 0.25) is 0 Å². The first-order valence-corrected chi connectivity index (χ1v) is 8.66. The third-order valence-electron chi connectivity index (χ3n) is 3.37. The van der Waals surface area contributed by atoms with Crippen molar-refractivity contribution >= 4 is 28.6 Å². The largest absolute Gasteiger partial charge is 0.458 e. The Kier molecular flexibility index (Phi) is 5.68. The SMILES string of the molecule is CC#CC(C)(NC(C)=O)C(Oc1nc2ccccc2cc1F)SC. The molecule has 6 heteroatoms. The van der Waals surface area contributed by atoms with E-state index in [1.54, 1.807) is 32.2 Å². The first-order valence-electron chi connectivity index (χ1n) is 7.37. The van der Waals surface area contributed by atoms with Gasteiger partial charge in [-0.05, 0) is 32.2 Å². The molecule has 4 nitrogen and oxygen atoms in total. The van der Waals surface area contributed by atoms with Crippen molar-refractivity contribution in [1.29, 1.82) is 0 Å². The summed E-state index contributed by atoms with van der Waals surface area (Å²) in [4.78, 5) is 15.8. The van der Waals surface area contributed by atoms with E-state index in [0.717, 1.165) is 0 Å². The van der Waals surface area contributed by atoms with Crippen LogP contribution in [-0.4, -0.2) is 28.1 Å². The Morgan fingerprint density at radius 2 is 2.17 bits per heavy atom. The highest BCUT2D eigenvalue weighted by atomic mass is 32.2. The molecule has 0 bridgehead atoms. The van der Waals surface area contributed by atoms with Gasteiger partial charge in [-0.15, -0.1) is 17.7 Å². The number of benzene rings is 1. The number of ether oxygens (including phenoxy) is 1. The number of amides is 1. The number of pyridine rings is 1. The normalized spacial score (nSPS) is 14.2. The van der Waals surface area contributed by atoms with Crippen LogP contribution in [0.15, 0.2) is 30.3 Å². The van der Waals surface area contributed by atoms with Gasteiger partial charge in [0.15, 0.2) is 11.3 Å². The maximum absolute atomic E-state index is 14.3. The van der Waals surface area contributed by atoms with Gasteiger partial charge in [-0.2, -0.15) is 0 Å². The Balaban J connectivity index is 2.39. The van der Waals surface area contributed by atoms with Crippen molar-refractivity contribution in [2.45, 2.75) is 31.7 Å². The average Bonchev–Trinajstić information content (AvgIpc) is 2.52. The second kappa shape index (κ2) is 7.54. The van der Waals surface area contributed by atoms with Gasteiger partial charge in [0, 0.05) is 12.3 Å². The van der Waals surface area contributed by atoms with Crippen molar-refractivity contribution in [3.63, 3.8) is 0 Å². The fraction of sp³-hybridized carbons (Fsp3) is 0.333. The summed E-state index contributed by atoms with van der Waals surface area (Å²) in [5.74, 6) is 4.82. The standard InChI is InChI=1S/C18H19FN2O2S/c1-5-10-18(3,21-12(2)22)17(24-4)23-16-14(19)11-13-8-6-7-9-15(13)20-16/h6-9,11,17H,1-4H3,(H,21,22). The second-order valence-corrected chi connectivity index (χ2v) is 6.31. The molecule has 0 saturated carbocycles. The summed E-state index contributed by atoms with van der Waals surface area (Å²) >= 11 is 1.32. The van der Waals surface area contributed by atoms with E-state index in [1.165, 1.54) is 24.8 Å². The maximum atomic E-state index is 14.3. The molecule has 0 saturated heterocycles. The minimum Gasteiger partial charge on any atom is -0.458 e. The third kappa shape index (κ3) is 3.98. The average molecular weight is 346 g/mol. The zero-order valence-electron chi connectivity index (χ0n) is 14.0. The number of carbonyl (C=O) groups excluding carboxylic acids is 1. The van der Waals surface area contributed by atoms with E-state index in [2.05, 4.69) is 22.1 Å². The summed E-state index contributed by atoms with van der Waals surface area (Å²) in [5, 5.41) is 3.47. The number of thioether (sulfide) groups is 1. The molecule has 2 unspecified atom stereocenters. The highest BCUT2D eigenvalue weighted by Gasteiger charge is 2.36. The Morgan fingerprint density at radius 1 is 1.46 bits per heavy atom. The second-order valence-electron chi connectivity index (χ2n) is 5.41. The van der Waals surface area contributed by atoms with Crippen LogP contribution in [0.1, 0.15) is 20.8 Å². The lowest BCUT2D eigenvalue weighted by Crippen LogP contribution is -2.53. The molecule has 0 spiro atoms. The predicted octanol–water partition coefficient (Wildman–Crippen LogP) is 3.36. The predicted molar refractivity (Wildman–Crippen MR) is 95.3 cm³/mol. The molecule has 0 aliphatic carbocycles. The van der Waals surface area contributed by atoms with Crippen molar-refractivity contribution in [3.05, 3.63) is 36.1 Å². The summed E-state index contributed by atoms with van der Waals surface area (Å²) in [5.41, 5.74) is -0.965. The molecule has 1 heterocycles. The van der Waals surface area contributed by atoms with Gasteiger partial charge in [0.25, 0.3) is 5.88 Å². The van der Waals surface area contributed by atoms with E-state index >= 15 is 0 Å². The third-order valence-corrected chi connectivity index (χ3v) is 4.37. The Bertz CT molecular complexity index is 816. The highest BCUT2D eigenvalue weighted by Crippen LogP contribution is 2.28. The van der Waals surface area contributed by atoms with Gasteiger partial charge in [-0.1, -0.05) is 24.1 Å². The fourth-order valence-corrected chi connectivity index (χ4v) is 3.21. The van der Waals surface area contributed by atoms with Crippen LogP contribution in [0.3, 0.4) is 0 Å². The van der Waals surface area contributed by atoms with Crippen LogP contribution in [0.4, 0.5) is 4.39 Å². The molecule has 24 heavy (non-hydrogen) atoms. The molecular formula is C18H19FN2O2S. The molecule has 1 aromatic heterocycles. The van der Waals surface area contributed by atoms with Crippen molar-refractivity contribution < 1.29 is 13.9 Å². The van der Waals surface area contributed by atoms with Crippen molar-refractivity contribution in [1.82, 2.24) is 10.3 Å². The first-order chi connectivity index (χ1) is 11.4. The number of nitrogens with one attached hydrogen (secondary N) is 1. The lowest BCUT2D eigenvalue weighted by molar-refractivity contribution is -0.120. The van der Waals surface area contributed by atoms with Gasteiger partial charge >= 0.3 is 0 Å². The summed E-state index contributed by atoms with van der Waals surface area (Å²) in [6.07, 6.45) is 1.81. The van der Waals surface area contributed by atoms with E-state index in [1.807, 2.05) is 12.1 Å². The van der Waals surface area contributed by atoms with Crippen molar-refractivity contribution in [3.8, 4) is 17.7 Å². The first kappa shape index (κ1) is 18.1. The quantitative estimate of drug-likeness (QED) is 0.666. The molecule has 2 rings (SSSR count). The van der Waals surface area contributed by atoms with Crippen LogP contribution in [0.25, 0.3) is 10.9 Å². The van der Waals surface area contributed by atoms with Crippen molar-refractivity contribution in [2.24, 2.45) is 0 Å². The van der Waals surface area contributed by atoms with Gasteiger partial charge in [-0.25, -0.2) is 9.37 Å². The molecule has 1 N–H and O–H groups in total. The van der Waals surface area contributed by atoms with Crippen LogP contribution < -0.4 is 10.1 Å². The van der Waals surface area contributed by atoms with Crippen LogP contribution >= 0.6 is 11.8 Å². The summed E-state index contributed by atoms with van der Waals surface area (Å²) in [6.45, 7) is 4.82. The number of fused-ring (bicyclic) bond motifs is 1. The van der Waals surface area contributed by atoms with Crippen LogP contribution in [0, 0.1) is 17.7 Å². The molecule has 0 aliphatic heterocycles. The lowest BCUT2D eigenvalue weighted by Gasteiger charge is -2.32. The van der Waals surface area contributed by atoms with Gasteiger partial charge in [-0.3, -0.25) is 4.79 Å². The molecule has 1 amide bonds. The van der Waals surface area contributed by atoms with E-state index in [0.29, 0.717) is 10.9 Å². The number of hydrogen-bond acceptors (Lipinski definition) is 4. The van der Waals surface area contributed by atoms with Gasteiger partial charge in [0.05, 0.1) is 5.52 Å². The van der Waals surface area contributed by atoms with Gasteiger partial charge in [0.1, 0.15) is 5.54 Å². The molecule has 0 fully saturated rings. The number of rotatable bonds is 5. The number of hydrogen-bond donors (Lipinski definition) is 1. The van der Waals surface area contributed by atoms with Crippen LogP contribution in [0.5, 0.6) is 5.88 Å².